The van der Waals surface area contributed by atoms with Crippen molar-refractivity contribution < 1.29 is 4.79 Å². The zero-order valence-corrected chi connectivity index (χ0v) is 11.9. The van der Waals surface area contributed by atoms with Crippen molar-refractivity contribution in [3.8, 4) is 0 Å². The number of urea groups is 1. The Labute approximate surface area is 120 Å². The van der Waals surface area contributed by atoms with Crippen LogP contribution in [0.1, 0.15) is 37.7 Å². The Morgan fingerprint density at radius 1 is 1.45 bits per heavy atom. The van der Waals surface area contributed by atoms with Gasteiger partial charge in [0.15, 0.2) is 0 Å². The highest BCUT2D eigenvalue weighted by Gasteiger charge is 2.20. The van der Waals surface area contributed by atoms with Gasteiger partial charge in [-0.1, -0.05) is 18.9 Å². The minimum Gasteiger partial charge on any atom is -0.335 e. The van der Waals surface area contributed by atoms with Crippen LogP contribution >= 0.6 is 0 Å². The molecule has 0 unspecified atom stereocenters. The Kier molecular flexibility index (Phi) is 5.80. The largest absolute Gasteiger partial charge is 0.335 e. The smallest absolute Gasteiger partial charge is 0.317 e. The van der Waals surface area contributed by atoms with E-state index in [1.807, 2.05) is 17.0 Å². The summed E-state index contributed by atoms with van der Waals surface area (Å²) in [5.74, 6) is 0. The molecular formula is C15H24N4O. The lowest BCUT2D eigenvalue weighted by atomic mass is 10.2. The number of carbonyl (C=O) groups is 1. The topological polar surface area (TPSA) is 71.2 Å². The number of amides is 2. The Morgan fingerprint density at radius 2 is 2.25 bits per heavy atom. The maximum atomic E-state index is 12.4. The fraction of sp³-hybridized carbons (Fsp3) is 0.600. The van der Waals surface area contributed by atoms with Crippen molar-refractivity contribution in [1.82, 2.24) is 15.2 Å². The molecule has 20 heavy (non-hydrogen) atoms. The van der Waals surface area contributed by atoms with Crippen molar-refractivity contribution in [2.45, 2.75) is 44.7 Å². The van der Waals surface area contributed by atoms with Crippen LogP contribution in [0.4, 0.5) is 4.79 Å². The van der Waals surface area contributed by atoms with E-state index in [0.717, 1.165) is 24.8 Å². The molecule has 110 valence electrons. The third-order valence-corrected chi connectivity index (χ3v) is 3.70. The number of nitrogens with zero attached hydrogens (tertiary/aromatic N) is 2. The SMILES string of the molecule is NCCCN(Cc1cccnc1)C(=O)NC1CCCC1. The van der Waals surface area contributed by atoms with E-state index in [9.17, 15) is 4.79 Å². The molecule has 1 aromatic heterocycles. The zero-order chi connectivity index (χ0) is 14.2. The molecule has 1 aliphatic rings. The lowest BCUT2D eigenvalue weighted by Gasteiger charge is -2.25. The summed E-state index contributed by atoms with van der Waals surface area (Å²) in [6, 6.07) is 4.25. The summed E-state index contributed by atoms with van der Waals surface area (Å²) in [4.78, 5) is 18.3. The normalized spacial score (nSPS) is 15.2. The van der Waals surface area contributed by atoms with E-state index < -0.39 is 0 Å². The molecule has 1 fully saturated rings. The van der Waals surface area contributed by atoms with Gasteiger partial charge in [0.2, 0.25) is 0 Å². The molecule has 3 N–H and O–H groups in total. The van der Waals surface area contributed by atoms with Gasteiger partial charge in [-0.15, -0.1) is 0 Å². The summed E-state index contributed by atoms with van der Waals surface area (Å²) in [5.41, 5.74) is 6.61. The van der Waals surface area contributed by atoms with Gasteiger partial charge >= 0.3 is 6.03 Å². The first-order valence-electron chi connectivity index (χ1n) is 7.44. The molecule has 1 heterocycles. The number of nitrogens with two attached hydrogens (primary N) is 1. The number of hydrogen-bond acceptors (Lipinski definition) is 3. The van der Waals surface area contributed by atoms with E-state index in [0.29, 0.717) is 25.7 Å². The van der Waals surface area contributed by atoms with Crippen LogP contribution in [-0.2, 0) is 6.54 Å². The van der Waals surface area contributed by atoms with Crippen LogP contribution in [0.5, 0.6) is 0 Å². The first kappa shape index (κ1) is 14.8. The van der Waals surface area contributed by atoms with Gasteiger partial charge in [0.1, 0.15) is 0 Å². The molecule has 0 aliphatic heterocycles. The number of rotatable bonds is 6. The Morgan fingerprint density at radius 3 is 2.90 bits per heavy atom. The molecule has 0 spiro atoms. The van der Waals surface area contributed by atoms with Gasteiger partial charge in [-0.2, -0.15) is 0 Å². The quantitative estimate of drug-likeness (QED) is 0.833. The van der Waals surface area contributed by atoms with Crippen LogP contribution in [0.25, 0.3) is 0 Å². The van der Waals surface area contributed by atoms with E-state index >= 15 is 0 Å². The second-order valence-electron chi connectivity index (χ2n) is 5.36. The molecule has 0 aromatic carbocycles. The Hall–Kier alpha value is -1.62. The average molecular weight is 276 g/mol. The highest BCUT2D eigenvalue weighted by molar-refractivity contribution is 5.74. The van der Waals surface area contributed by atoms with Gasteiger partial charge < -0.3 is 16.0 Å². The van der Waals surface area contributed by atoms with Gasteiger partial charge in [-0.05, 0) is 37.4 Å². The molecule has 0 radical (unpaired) electrons. The van der Waals surface area contributed by atoms with Crippen molar-refractivity contribution >= 4 is 6.03 Å². The second-order valence-corrected chi connectivity index (χ2v) is 5.36. The fourth-order valence-electron chi connectivity index (χ4n) is 2.58. The van der Waals surface area contributed by atoms with Crippen molar-refractivity contribution in [2.75, 3.05) is 13.1 Å². The maximum absolute atomic E-state index is 12.4. The summed E-state index contributed by atoms with van der Waals surface area (Å²) in [6.07, 6.45) is 9.00. The average Bonchev–Trinajstić information content (AvgIpc) is 2.97. The molecule has 0 atom stereocenters. The van der Waals surface area contributed by atoms with Crippen LogP contribution in [0.2, 0.25) is 0 Å². The van der Waals surface area contributed by atoms with Gasteiger partial charge in [0, 0.05) is 31.5 Å². The zero-order valence-electron chi connectivity index (χ0n) is 11.9. The van der Waals surface area contributed by atoms with Gasteiger partial charge in [0.05, 0.1) is 0 Å². The van der Waals surface area contributed by atoms with Crippen LogP contribution < -0.4 is 11.1 Å². The van der Waals surface area contributed by atoms with Gasteiger partial charge in [-0.25, -0.2) is 4.79 Å². The third-order valence-electron chi connectivity index (χ3n) is 3.70. The van der Waals surface area contributed by atoms with Gasteiger partial charge in [0.25, 0.3) is 0 Å². The molecule has 1 aromatic rings. The number of hydrogen-bond donors (Lipinski definition) is 2. The van der Waals surface area contributed by atoms with E-state index in [2.05, 4.69) is 10.3 Å². The summed E-state index contributed by atoms with van der Waals surface area (Å²) < 4.78 is 0. The van der Waals surface area contributed by atoms with E-state index in [4.69, 9.17) is 5.73 Å². The fourth-order valence-corrected chi connectivity index (χ4v) is 2.58. The summed E-state index contributed by atoms with van der Waals surface area (Å²) >= 11 is 0. The molecule has 1 aliphatic carbocycles. The van der Waals surface area contributed by atoms with Crippen molar-refractivity contribution in [2.24, 2.45) is 5.73 Å². The van der Waals surface area contributed by atoms with Crippen LogP contribution in [0, 0.1) is 0 Å². The summed E-state index contributed by atoms with van der Waals surface area (Å²) in [6.45, 7) is 1.87. The van der Waals surface area contributed by atoms with Crippen molar-refractivity contribution in [3.63, 3.8) is 0 Å². The Bertz CT molecular complexity index is 404. The molecule has 2 rings (SSSR count). The molecule has 1 saturated carbocycles. The molecule has 0 saturated heterocycles. The van der Waals surface area contributed by atoms with Crippen LogP contribution in [-0.4, -0.2) is 35.0 Å². The van der Waals surface area contributed by atoms with E-state index in [1.54, 1.807) is 12.4 Å². The third kappa shape index (κ3) is 4.49. The van der Waals surface area contributed by atoms with E-state index in [1.165, 1.54) is 12.8 Å². The highest BCUT2D eigenvalue weighted by atomic mass is 16.2. The van der Waals surface area contributed by atoms with E-state index in [-0.39, 0.29) is 6.03 Å². The number of carbonyl (C=O) groups excluding carboxylic acids is 1. The molecule has 5 nitrogen and oxygen atoms in total. The summed E-state index contributed by atoms with van der Waals surface area (Å²) in [7, 11) is 0. The van der Waals surface area contributed by atoms with Crippen molar-refractivity contribution in [3.05, 3.63) is 30.1 Å². The standard InChI is InChI=1S/C15H24N4O/c16-8-4-10-19(12-13-5-3-9-17-11-13)15(20)18-14-6-1-2-7-14/h3,5,9,11,14H,1-2,4,6-8,10,12,16H2,(H,18,20). The van der Waals surface area contributed by atoms with Crippen LogP contribution in [0.15, 0.2) is 24.5 Å². The monoisotopic (exact) mass is 276 g/mol. The first-order chi connectivity index (χ1) is 9.79. The summed E-state index contributed by atoms with van der Waals surface area (Å²) in [5, 5.41) is 3.13. The number of pyridine rings is 1. The van der Waals surface area contributed by atoms with Crippen molar-refractivity contribution in [1.29, 1.82) is 0 Å². The van der Waals surface area contributed by atoms with Crippen LogP contribution in [0.3, 0.4) is 0 Å². The number of aromatic nitrogens is 1. The first-order valence-corrected chi connectivity index (χ1v) is 7.44. The predicted octanol–water partition coefficient (Wildman–Crippen LogP) is 1.88. The predicted molar refractivity (Wildman–Crippen MR) is 79.1 cm³/mol. The molecule has 0 bridgehead atoms. The lowest BCUT2D eigenvalue weighted by molar-refractivity contribution is 0.190. The Balaban J connectivity index is 1.92. The maximum Gasteiger partial charge on any atom is 0.317 e. The molecule has 2 amide bonds. The molecular weight excluding hydrogens is 252 g/mol. The minimum atomic E-state index is 0.0224. The highest BCUT2D eigenvalue weighted by Crippen LogP contribution is 2.18. The molecule has 5 heteroatoms. The minimum absolute atomic E-state index is 0.0224. The second kappa shape index (κ2) is 7.85. The number of nitrogens with one attached hydrogen (secondary N) is 1. The lowest BCUT2D eigenvalue weighted by Crippen LogP contribution is -2.44. The van der Waals surface area contributed by atoms with Gasteiger partial charge in [-0.3, -0.25) is 4.98 Å².